The second-order valence-electron chi connectivity index (χ2n) is 0.929. The summed E-state index contributed by atoms with van der Waals surface area (Å²) in [5.74, 6) is 1.41. The van der Waals surface area contributed by atoms with E-state index in [9.17, 15) is 4.79 Å². The third kappa shape index (κ3) is 1.26. The van der Waals surface area contributed by atoms with Crippen LogP contribution < -0.4 is 0 Å². The van der Waals surface area contributed by atoms with Crippen LogP contribution in [0.4, 0.5) is 4.79 Å². The number of ether oxygens (including phenoxy) is 2. The van der Waals surface area contributed by atoms with E-state index < -0.39 is 0 Å². The summed E-state index contributed by atoms with van der Waals surface area (Å²) in [7, 11) is 0.488. The number of hydrogen-bond acceptors (Lipinski definition) is 3. The van der Waals surface area contributed by atoms with Crippen LogP contribution >= 0.6 is 8.20 Å². The lowest BCUT2D eigenvalue weighted by Crippen LogP contribution is -2.04. The fourth-order valence-electron chi connectivity index (χ4n) is 0.232. The van der Waals surface area contributed by atoms with Crippen molar-refractivity contribution in [2.75, 3.05) is 6.79 Å². The molecule has 7 heavy (non-hydrogen) atoms. The molecule has 38 valence electrons. The summed E-state index contributed by atoms with van der Waals surface area (Å²) in [6.45, 7) is 0.0752. The van der Waals surface area contributed by atoms with Crippen LogP contribution in [-0.4, -0.2) is 18.5 Å². The van der Waals surface area contributed by atoms with Gasteiger partial charge in [-0.15, -0.1) is 0 Å². The zero-order valence-corrected chi connectivity index (χ0v) is 4.35. The van der Waals surface area contributed by atoms with E-state index in [1.807, 2.05) is 0 Å². The van der Waals surface area contributed by atoms with Gasteiger partial charge < -0.3 is 9.47 Å². The van der Waals surface area contributed by atoms with E-state index in [1.54, 1.807) is 0 Å². The molecule has 3 nitrogen and oxygen atoms in total. The Bertz CT molecular complexity index is 109. The first-order valence-electron chi connectivity index (χ1n) is 1.70. The van der Waals surface area contributed by atoms with Crippen molar-refractivity contribution in [3.63, 3.8) is 0 Å². The normalized spacial score (nSPS) is 21.4. The standard InChI is InChI=1S/C3H3O3P/c4-3-6-1-5-2-7-3/h2H,1H2. The maximum Gasteiger partial charge on any atom is 0.360 e. The van der Waals surface area contributed by atoms with E-state index in [0.29, 0.717) is 8.20 Å². The van der Waals surface area contributed by atoms with E-state index in [-0.39, 0.29) is 12.5 Å². The molecule has 0 aromatic heterocycles. The highest BCUT2D eigenvalue weighted by molar-refractivity contribution is 7.56. The molecule has 0 radical (unpaired) electrons. The molecule has 0 bridgehead atoms. The average Bonchev–Trinajstić information content (AvgIpc) is 1.69. The topological polar surface area (TPSA) is 35.5 Å². The SMILES string of the molecule is O=C1OCOC=P1. The summed E-state index contributed by atoms with van der Waals surface area (Å²) in [5, 5.41) is 0. The summed E-state index contributed by atoms with van der Waals surface area (Å²) in [4.78, 5) is 10.1. The Kier molecular flexibility index (Phi) is 1.39. The fourth-order valence-corrected chi connectivity index (χ4v) is 0.581. The lowest BCUT2D eigenvalue weighted by molar-refractivity contribution is 0.0719. The second kappa shape index (κ2) is 2.05. The van der Waals surface area contributed by atoms with E-state index >= 15 is 0 Å². The van der Waals surface area contributed by atoms with Gasteiger partial charge in [0.05, 0.1) is 5.98 Å². The minimum absolute atomic E-state index is 0.0752. The molecule has 0 aromatic carbocycles. The molecule has 4 heteroatoms. The Hall–Kier alpha value is -0.400. The number of cyclic esters (lactones) is 1. The first kappa shape index (κ1) is 4.75. The predicted octanol–water partition coefficient (Wildman–Crippen LogP) is 0.817. The Morgan fingerprint density at radius 1 is 1.86 bits per heavy atom. The summed E-state index contributed by atoms with van der Waals surface area (Å²) in [6, 6.07) is 0. The molecular formula is C3H3O3P. The average molecular weight is 118 g/mol. The summed E-state index contributed by atoms with van der Waals surface area (Å²) < 4.78 is 8.93. The van der Waals surface area contributed by atoms with Gasteiger partial charge in [0.2, 0.25) is 0 Å². The van der Waals surface area contributed by atoms with Crippen LogP contribution in [0.1, 0.15) is 0 Å². The first-order chi connectivity index (χ1) is 3.39. The van der Waals surface area contributed by atoms with Crippen molar-refractivity contribution in [1.29, 1.82) is 0 Å². The molecule has 0 atom stereocenters. The molecule has 1 aliphatic rings. The lowest BCUT2D eigenvalue weighted by Gasteiger charge is -2.01. The van der Waals surface area contributed by atoms with Gasteiger partial charge in [-0.05, 0) is 0 Å². The largest absolute Gasteiger partial charge is 0.432 e. The van der Waals surface area contributed by atoms with Crippen molar-refractivity contribution in [2.24, 2.45) is 0 Å². The Morgan fingerprint density at radius 2 is 2.71 bits per heavy atom. The van der Waals surface area contributed by atoms with E-state index in [1.165, 1.54) is 5.98 Å². The van der Waals surface area contributed by atoms with Crippen LogP contribution in [0.5, 0.6) is 0 Å². The third-order valence-electron chi connectivity index (χ3n) is 0.483. The molecule has 0 spiro atoms. The molecule has 0 N–H and O–H groups in total. The Balaban J connectivity index is 2.51. The molecule has 1 rings (SSSR count). The third-order valence-corrected chi connectivity index (χ3v) is 1.08. The van der Waals surface area contributed by atoms with Gasteiger partial charge in [0.15, 0.2) is 6.79 Å². The minimum atomic E-state index is -0.244. The minimum Gasteiger partial charge on any atom is -0.432 e. The van der Waals surface area contributed by atoms with Gasteiger partial charge in [-0.1, -0.05) is 0 Å². The van der Waals surface area contributed by atoms with Gasteiger partial charge in [-0.3, -0.25) is 0 Å². The summed E-state index contributed by atoms with van der Waals surface area (Å²) >= 11 is 0. The van der Waals surface area contributed by atoms with Crippen LogP contribution in [0.2, 0.25) is 0 Å². The van der Waals surface area contributed by atoms with Crippen molar-refractivity contribution < 1.29 is 14.3 Å². The summed E-state index contributed by atoms with van der Waals surface area (Å²) in [5.41, 5.74) is -0.244. The molecule has 0 aromatic rings. The van der Waals surface area contributed by atoms with Crippen LogP contribution in [0.25, 0.3) is 0 Å². The zero-order valence-electron chi connectivity index (χ0n) is 3.46. The number of carbonyl (C=O) groups excluding carboxylic acids is 1. The van der Waals surface area contributed by atoms with Gasteiger partial charge in [-0.2, -0.15) is 0 Å². The van der Waals surface area contributed by atoms with Gasteiger partial charge in [0.1, 0.15) is 0 Å². The van der Waals surface area contributed by atoms with E-state index in [4.69, 9.17) is 0 Å². The Morgan fingerprint density at radius 3 is 3.00 bits per heavy atom. The highest BCUT2D eigenvalue weighted by Crippen LogP contribution is 2.04. The highest BCUT2D eigenvalue weighted by atomic mass is 31.1. The quantitative estimate of drug-likeness (QED) is 0.441. The second-order valence-corrected chi connectivity index (χ2v) is 1.76. The van der Waals surface area contributed by atoms with Gasteiger partial charge >= 0.3 is 5.71 Å². The van der Waals surface area contributed by atoms with Crippen LogP contribution in [-0.2, 0) is 9.47 Å². The van der Waals surface area contributed by atoms with Gasteiger partial charge in [0.25, 0.3) is 0 Å². The van der Waals surface area contributed by atoms with E-state index in [0.717, 1.165) is 0 Å². The van der Waals surface area contributed by atoms with Crippen molar-refractivity contribution in [1.82, 2.24) is 0 Å². The molecule has 1 heterocycles. The number of carbonyl (C=O) groups is 1. The van der Waals surface area contributed by atoms with E-state index in [2.05, 4.69) is 9.47 Å². The van der Waals surface area contributed by atoms with Crippen LogP contribution in [0.3, 0.4) is 0 Å². The smallest absolute Gasteiger partial charge is 0.360 e. The molecule has 0 saturated carbocycles. The Labute approximate surface area is 42.0 Å². The zero-order chi connectivity index (χ0) is 5.11. The summed E-state index contributed by atoms with van der Waals surface area (Å²) in [6.07, 6.45) is 0. The number of hydrogen-bond donors (Lipinski definition) is 0. The molecule has 0 amide bonds. The van der Waals surface area contributed by atoms with Crippen LogP contribution in [0, 0.1) is 0 Å². The highest BCUT2D eigenvalue weighted by Gasteiger charge is 1.99. The first-order valence-corrected chi connectivity index (χ1v) is 2.67. The monoisotopic (exact) mass is 118 g/mol. The molecule has 0 saturated heterocycles. The molecule has 0 aliphatic carbocycles. The molecule has 0 unspecified atom stereocenters. The molecular weight excluding hydrogens is 115 g/mol. The predicted molar refractivity (Wildman–Crippen MR) is 25.4 cm³/mol. The maximum atomic E-state index is 10.1. The van der Waals surface area contributed by atoms with Crippen molar-refractivity contribution in [2.45, 2.75) is 0 Å². The van der Waals surface area contributed by atoms with Crippen molar-refractivity contribution in [3.8, 4) is 0 Å². The van der Waals surface area contributed by atoms with Gasteiger partial charge in [0, 0.05) is 8.20 Å². The lowest BCUT2D eigenvalue weighted by atomic mass is 11.3. The van der Waals surface area contributed by atoms with Crippen LogP contribution in [0.15, 0.2) is 0 Å². The molecule has 0 fully saturated rings. The number of rotatable bonds is 0. The van der Waals surface area contributed by atoms with Crippen molar-refractivity contribution >= 4 is 19.9 Å². The maximum absolute atomic E-state index is 10.1. The van der Waals surface area contributed by atoms with Crippen molar-refractivity contribution in [3.05, 3.63) is 0 Å². The fraction of sp³-hybridized carbons (Fsp3) is 0.333. The molecule has 1 aliphatic heterocycles. The van der Waals surface area contributed by atoms with Gasteiger partial charge in [-0.25, -0.2) is 4.79 Å².